The van der Waals surface area contributed by atoms with Crippen molar-refractivity contribution in [2.45, 2.75) is 13.5 Å². The highest BCUT2D eigenvalue weighted by Crippen LogP contribution is 2.31. The summed E-state index contributed by atoms with van der Waals surface area (Å²) < 4.78 is 18.7. The first-order chi connectivity index (χ1) is 11.6. The molecule has 0 saturated carbocycles. The van der Waals surface area contributed by atoms with Gasteiger partial charge in [0.05, 0.1) is 35.5 Å². The predicted octanol–water partition coefficient (Wildman–Crippen LogP) is 2.85. The summed E-state index contributed by atoms with van der Waals surface area (Å²) in [5, 5.41) is 1.18. The molecule has 0 atom stereocenters. The molecule has 24 heavy (non-hydrogen) atoms. The molecule has 0 aliphatic carbocycles. The van der Waals surface area contributed by atoms with Gasteiger partial charge in [0.15, 0.2) is 0 Å². The summed E-state index contributed by atoms with van der Waals surface area (Å²) in [5.74, 6) is -0.780. The van der Waals surface area contributed by atoms with Crippen molar-refractivity contribution in [2.24, 2.45) is 0 Å². The van der Waals surface area contributed by atoms with Gasteiger partial charge < -0.3 is 9.64 Å². The molecule has 0 N–H and O–H groups in total. The molecule has 1 aliphatic heterocycles. The van der Waals surface area contributed by atoms with Gasteiger partial charge in [0.2, 0.25) is 5.91 Å². The number of hydrogen-bond donors (Lipinski definition) is 0. The standard InChI is InChI=1S/C17H15FN2O3S/c1-2-23-16(22)8-15-20(14(21)10-24-15)9-12-7-13(18)6-11-4-3-5-19-17(11)12/h3-8H,2,9-10H2,1H3. The van der Waals surface area contributed by atoms with E-state index < -0.39 is 5.97 Å². The monoisotopic (exact) mass is 346 g/mol. The van der Waals surface area contributed by atoms with Crippen LogP contribution >= 0.6 is 11.8 Å². The number of hydrogen-bond acceptors (Lipinski definition) is 5. The first-order valence-electron chi connectivity index (χ1n) is 7.43. The van der Waals surface area contributed by atoms with E-state index >= 15 is 0 Å². The molecule has 1 aliphatic rings. The van der Waals surface area contributed by atoms with Crippen LogP contribution in [0.4, 0.5) is 4.39 Å². The average molecular weight is 346 g/mol. The number of carbonyl (C=O) groups is 2. The lowest BCUT2D eigenvalue weighted by atomic mass is 10.1. The van der Waals surface area contributed by atoms with Crippen molar-refractivity contribution in [1.82, 2.24) is 9.88 Å². The molecule has 5 nitrogen and oxygen atoms in total. The maximum Gasteiger partial charge on any atom is 0.333 e. The number of esters is 1. The molecule has 0 radical (unpaired) electrons. The Morgan fingerprint density at radius 3 is 3.12 bits per heavy atom. The summed E-state index contributed by atoms with van der Waals surface area (Å²) in [6.45, 7) is 2.13. The van der Waals surface area contributed by atoms with Crippen LogP contribution in [0.25, 0.3) is 10.9 Å². The van der Waals surface area contributed by atoms with E-state index in [4.69, 9.17) is 4.74 Å². The van der Waals surface area contributed by atoms with Gasteiger partial charge in [-0.25, -0.2) is 9.18 Å². The van der Waals surface area contributed by atoms with Gasteiger partial charge in [0.25, 0.3) is 0 Å². The number of amides is 1. The van der Waals surface area contributed by atoms with Gasteiger partial charge in [0, 0.05) is 17.1 Å². The van der Waals surface area contributed by atoms with E-state index in [0.29, 0.717) is 21.5 Å². The number of ether oxygens (including phenoxy) is 1. The van der Waals surface area contributed by atoms with Gasteiger partial charge >= 0.3 is 5.97 Å². The largest absolute Gasteiger partial charge is 0.463 e. The Balaban J connectivity index is 1.94. The van der Waals surface area contributed by atoms with E-state index in [0.717, 1.165) is 0 Å². The molecule has 7 heteroatoms. The van der Waals surface area contributed by atoms with E-state index in [1.54, 1.807) is 25.3 Å². The van der Waals surface area contributed by atoms with Crippen LogP contribution in [0.1, 0.15) is 12.5 Å². The Hall–Kier alpha value is -2.41. The zero-order valence-electron chi connectivity index (χ0n) is 13.0. The van der Waals surface area contributed by atoms with Crippen LogP contribution in [0.3, 0.4) is 0 Å². The number of nitrogens with zero attached hydrogens (tertiary/aromatic N) is 2. The number of rotatable bonds is 4. The van der Waals surface area contributed by atoms with Crippen LogP contribution in [0.2, 0.25) is 0 Å². The first-order valence-corrected chi connectivity index (χ1v) is 8.42. The van der Waals surface area contributed by atoms with Gasteiger partial charge in [-0.1, -0.05) is 17.8 Å². The molecule has 1 saturated heterocycles. The van der Waals surface area contributed by atoms with Crippen molar-refractivity contribution in [3.05, 3.63) is 52.9 Å². The van der Waals surface area contributed by atoms with E-state index in [1.165, 1.54) is 34.9 Å². The minimum absolute atomic E-state index is 0.135. The van der Waals surface area contributed by atoms with Crippen molar-refractivity contribution < 1.29 is 18.7 Å². The third-order valence-corrected chi connectivity index (χ3v) is 4.54. The molecule has 2 aromatic rings. The fourth-order valence-electron chi connectivity index (χ4n) is 2.50. The molecule has 0 unspecified atom stereocenters. The van der Waals surface area contributed by atoms with E-state index in [9.17, 15) is 14.0 Å². The summed E-state index contributed by atoms with van der Waals surface area (Å²) in [6, 6.07) is 6.27. The number of pyridine rings is 1. The summed E-state index contributed by atoms with van der Waals surface area (Å²) >= 11 is 1.26. The second-order valence-corrected chi connectivity index (χ2v) is 6.14. The first kappa shape index (κ1) is 16.4. The van der Waals surface area contributed by atoms with E-state index in [2.05, 4.69) is 4.98 Å². The Morgan fingerprint density at radius 1 is 1.50 bits per heavy atom. The fourth-order valence-corrected chi connectivity index (χ4v) is 3.43. The molecule has 124 valence electrons. The third kappa shape index (κ3) is 3.41. The SMILES string of the molecule is CCOC(=O)C=C1SCC(=O)N1Cc1cc(F)cc2cccnc12. The molecule has 0 bridgehead atoms. The Labute approximate surface area is 142 Å². The van der Waals surface area contributed by atoms with Gasteiger partial charge in [-0.15, -0.1) is 0 Å². The van der Waals surface area contributed by atoms with Crippen LogP contribution in [0, 0.1) is 5.82 Å². The molecule has 1 aromatic carbocycles. The highest BCUT2D eigenvalue weighted by molar-refractivity contribution is 8.04. The topological polar surface area (TPSA) is 59.5 Å². The van der Waals surface area contributed by atoms with E-state index in [1.807, 2.05) is 0 Å². The van der Waals surface area contributed by atoms with Gasteiger partial charge in [-0.3, -0.25) is 9.78 Å². The van der Waals surface area contributed by atoms with Crippen molar-refractivity contribution in [3.63, 3.8) is 0 Å². The number of aromatic nitrogens is 1. The van der Waals surface area contributed by atoms with Crippen LogP contribution in [-0.4, -0.2) is 34.1 Å². The molecule has 0 spiro atoms. The number of thioether (sulfide) groups is 1. The maximum absolute atomic E-state index is 13.9. The predicted molar refractivity (Wildman–Crippen MR) is 89.4 cm³/mol. The van der Waals surface area contributed by atoms with Gasteiger partial charge in [-0.05, 0) is 25.1 Å². The fraction of sp³-hybridized carbons (Fsp3) is 0.235. The van der Waals surface area contributed by atoms with Gasteiger partial charge in [-0.2, -0.15) is 0 Å². The lowest BCUT2D eigenvalue weighted by molar-refractivity contribution is -0.137. The number of fused-ring (bicyclic) bond motifs is 1. The molecular weight excluding hydrogens is 331 g/mol. The zero-order valence-corrected chi connectivity index (χ0v) is 13.8. The number of halogens is 1. The van der Waals surface area contributed by atoms with Gasteiger partial charge in [0.1, 0.15) is 5.82 Å². The van der Waals surface area contributed by atoms with Crippen LogP contribution in [0.15, 0.2) is 41.6 Å². The molecule has 3 rings (SSSR count). The third-order valence-electron chi connectivity index (χ3n) is 3.52. The smallest absolute Gasteiger partial charge is 0.333 e. The van der Waals surface area contributed by atoms with Crippen LogP contribution in [0.5, 0.6) is 0 Å². The average Bonchev–Trinajstić information content (AvgIpc) is 2.88. The Bertz CT molecular complexity index is 838. The zero-order chi connectivity index (χ0) is 17.1. The summed E-state index contributed by atoms with van der Waals surface area (Å²) in [5.41, 5.74) is 1.23. The maximum atomic E-state index is 13.9. The minimum atomic E-state index is -0.498. The lowest BCUT2D eigenvalue weighted by Crippen LogP contribution is -2.24. The highest BCUT2D eigenvalue weighted by atomic mass is 32.2. The van der Waals surface area contributed by atoms with Crippen LogP contribution < -0.4 is 0 Å². The molecular formula is C17H15FN2O3S. The minimum Gasteiger partial charge on any atom is -0.463 e. The number of benzene rings is 1. The van der Waals surface area contributed by atoms with Crippen molar-refractivity contribution >= 4 is 34.5 Å². The van der Waals surface area contributed by atoms with Crippen molar-refractivity contribution in [1.29, 1.82) is 0 Å². The van der Waals surface area contributed by atoms with Crippen LogP contribution in [-0.2, 0) is 20.9 Å². The highest BCUT2D eigenvalue weighted by Gasteiger charge is 2.28. The molecule has 2 heterocycles. The normalized spacial score (nSPS) is 16.2. The number of carbonyl (C=O) groups excluding carboxylic acids is 2. The second kappa shape index (κ2) is 7.00. The summed E-state index contributed by atoms with van der Waals surface area (Å²) in [4.78, 5) is 29.5. The summed E-state index contributed by atoms with van der Waals surface area (Å²) in [7, 11) is 0. The quantitative estimate of drug-likeness (QED) is 0.629. The Kier molecular flexibility index (Phi) is 4.80. The molecule has 1 fully saturated rings. The lowest BCUT2D eigenvalue weighted by Gasteiger charge is -2.18. The van der Waals surface area contributed by atoms with Crippen molar-refractivity contribution in [2.75, 3.05) is 12.4 Å². The second-order valence-electron chi connectivity index (χ2n) is 5.14. The Morgan fingerprint density at radius 2 is 2.33 bits per heavy atom. The molecule has 1 aromatic heterocycles. The summed E-state index contributed by atoms with van der Waals surface area (Å²) in [6.07, 6.45) is 2.92. The van der Waals surface area contributed by atoms with Crippen molar-refractivity contribution in [3.8, 4) is 0 Å². The molecule has 1 amide bonds. The van der Waals surface area contributed by atoms with E-state index in [-0.39, 0.29) is 30.6 Å².